The number of thioether (sulfide) groups is 1. The summed E-state index contributed by atoms with van der Waals surface area (Å²) < 4.78 is 37.0. The molecule has 1 amide bonds. The van der Waals surface area contributed by atoms with Crippen LogP contribution in [-0.4, -0.2) is 30.4 Å². The molecule has 1 N–H and O–H groups in total. The standard InChI is InChI=1S/C20H15F2N3O4S/c1-28-18(26)9-17-19(27)24-20(30-17)25-23-10-13-5-6-15(22)8-16(13)29-11-12-3-2-4-14(21)7-12/h2-10H,11H2,1H3,(H,24,25,27)/b17-9+,23-10?. The summed E-state index contributed by atoms with van der Waals surface area (Å²) in [6.07, 6.45) is 2.37. The summed E-state index contributed by atoms with van der Waals surface area (Å²) in [5.74, 6) is -1.88. The molecule has 0 atom stereocenters. The third-order valence-corrected chi connectivity index (χ3v) is 4.61. The summed E-state index contributed by atoms with van der Waals surface area (Å²) in [5, 5.41) is 10.4. The molecule has 1 heterocycles. The quantitative estimate of drug-likeness (QED) is 0.329. The third-order valence-electron chi connectivity index (χ3n) is 3.71. The zero-order valence-electron chi connectivity index (χ0n) is 15.6. The molecule has 3 rings (SSSR count). The van der Waals surface area contributed by atoms with Crippen molar-refractivity contribution in [1.82, 2.24) is 5.32 Å². The van der Waals surface area contributed by atoms with Crippen molar-refractivity contribution in [2.24, 2.45) is 10.2 Å². The summed E-state index contributed by atoms with van der Waals surface area (Å²) in [7, 11) is 1.20. The Kier molecular flexibility index (Phi) is 6.91. The first kappa shape index (κ1) is 21.2. The van der Waals surface area contributed by atoms with Crippen LogP contribution in [0.1, 0.15) is 11.1 Å². The predicted molar refractivity (Wildman–Crippen MR) is 108 cm³/mol. The fourth-order valence-corrected chi connectivity index (χ4v) is 3.05. The maximum absolute atomic E-state index is 13.6. The summed E-state index contributed by atoms with van der Waals surface area (Å²) >= 11 is 0.922. The lowest BCUT2D eigenvalue weighted by atomic mass is 10.2. The van der Waals surface area contributed by atoms with Gasteiger partial charge in [-0.3, -0.25) is 10.1 Å². The van der Waals surface area contributed by atoms with E-state index in [0.717, 1.165) is 17.8 Å². The van der Waals surface area contributed by atoms with Crippen LogP contribution >= 0.6 is 11.8 Å². The summed E-state index contributed by atoms with van der Waals surface area (Å²) in [4.78, 5) is 23.1. The van der Waals surface area contributed by atoms with Crippen molar-refractivity contribution in [3.05, 3.63) is 76.2 Å². The van der Waals surface area contributed by atoms with Crippen LogP contribution in [0.5, 0.6) is 5.75 Å². The lowest BCUT2D eigenvalue weighted by Gasteiger charge is -2.09. The number of amidine groups is 1. The van der Waals surface area contributed by atoms with Gasteiger partial charge in [0.2, 0.25) is 0 Å². The van der Waals surface area contributed by atoms with E-state index in [4.69, 9.17) is 4.74 Å². The zero-order chi connectivity index (χ0) is 21.5. The van der Waals surface area contributed by atoms with E-state index in [-0.39, 0.29) is 22.4 Å². The second-order valence-corrected chi connectivity index (χ2v) is 6.87. The maximum atomic E-state index is 13.6. The molecule has 0 bridgehead atoms. The Morgan fingerprint density at radius 3 is 2.77 bits per heavy atom. The molecule has 10 heteroatoms. The van der Waals surface area contributed by atoms with Crippen LogP contribution in [-0.2, 0) is 20.9 Å². The number of carbonyl (C=O) groups excluding carboxylic acids is 2. The first-order valence-electron chi connectivity index (χ1n) is 8.51. The van der Waals surface area contributed by atoms with Gasteiger partial charge in [0.1, 0.15) is 24.0 Å². The number of rotatable bonds is 6. The fraction of sp³-hybridized carbons (Fsp3) is 0.100. The lowest BCUT2D eigenvalue weighted by molar-refractivity contribution is -0.135. The molecule has 0 aliphatic carbocycles. The second kappa shape index (κ2) is 9.79. The number of carbonyl (C=O) groups is 2. The van der Waals surface area contributed by atoms with Crippen LogP contribution < -0.4 is 10.1 Å². The Morgan fingerprint density at radius 2 is 2.00 bits per heavy atom. The van der Waals surface area contributed by atoms with Gasteiger partial charge in [0.25, 0.3) is 5.91 Å². The van der Waals surface area contributed by atoms with Gasteiger partial charge in [-0.25, -0.2) is 13.6 Å². The average Bonchev–Trinajstić information content (AvgIpc) is 3.06. The van der Waals surface area contributed by atoms with E-state index in [2.05, 4.69) is 20.3 Å². The van der Waals surface area contributed by atoms with Crippen LogP contribution in [0, 0.1) is 11.6 Å². The normalized spacial score (nSPS) is 16.3. The molecule has 0 unspecified atom stereocenters. The predicted octanol–water partition coefficient (Wildman–Crippen LogP) is 3.15. The van der Waals surface area contributed by atoms with Gasteiger partial charge in [-0.15, -0.1) is 5.10 Å². The van der Waals surface area contributed by atoms with E-state index in [1.54, 1.807) is 12.1 Å². The van der Waals surface area contributed by atoms with Crippen molar-refractivity contribution in [3.63, 3.8) is 0 Å². The van der Waals surface area contributed by atoms with Crippen molar-refractivity contribution in [2.75, 3.05) is 7.11 Å². The molecular formula is C20H15F2N3O4S. The van der Waals surface area contributed by atoms with Gasteiger partial charge in [-0.1, -0.05) is 12.1 Å². The highest BCUT2D eigenvalue weighted by atomic mass is 32.2. The highest BCUT2D eigenvalue weighted by Gasteiger charge is 2.25. The van der Waals surface area contributed by atoms with Crippen molar-refractivity contribution in [3.8, 4) is 5.75 Å². The first-order valence-corrected chi connectivity index (χ1v) is 9.33. The Balaban J connectivity index is 1.71. The van der Waals surface area contributed by atoms with Gasteiger partial charge >= 0.3 is 5.97 Å². The van der Waals surface area contributed by atoms with Gasteiger partial charge < -0.3 is 9.47 Å². The molecule has 1 fully saturated rings. The summed E-state index contributed by atoms with van der Waals surface area (Å²) in [5.41, 5.74) is 1.01. The molecule has 0 saturated carbocycles. The Hall–Kier alpha value is -3.53. The molecule has 0 aromatic heterocycles. The van der Waals surface area contributed by atoms with Crippen LogP contribution in [0.3, 0.4) is 0 Å². The Labute approximate surface area is 174 Å². The molecule has 0 radical (unpaired) electrons. The minimum absolute atomic E-state index is 0.0319. The molecule has 0 spiro atoms. The van der Waals surface area contributed by atoms with Gasteiger partial charge in [-0.2, -0.15) is 5.10 Å². The van der Waals surface area contributed by atoms with Crippen molar-refractivity contribution >= 4 is 35.0 Å². The molecule has 154 valence electrons. The molecule has 1 saturated heterocycles. The number of amides is 1. The molecule has 7 nitrogen and oxygen atoms in total. The highest BCUT2D eigenvalue weighted by Crippen LogP contribution is 2.24. The van der Waals surface area contributed by atoms with E-state index >= 15 is 0 Å². The van der Waals surface area contributed by atoms with E-state index in [9.17, 15) is 18.4 Å². The first-order chi connectivity index (χ1) is 14.4. The van der Waals surface area contributed by atoms with E-state index < -0.39 is 23.5 Å². The number of nitrogens with one attached hydrogen (secondary N) is 1. The molecule has 1 aliphatic heterocycles. The molecule has 1 aliphatic rings. The number of ether oxygens (including phenoxy) is 2. The SMILES string of the molecule is COC(=O)/C=C1/S/C(=N\N=Cc2ccc(F)cc2OCc2cccc(F)c2)NC1=O. The molecule has 2 aromatic rings. The number of methoxy groups -OCH3 is 1. The summed E-state index contributed by atoms with van der Waals surface area (Å²) in [6.45, 7) is 0.0319. The highest BCUT2D eigenvalue weighted by molar-refractivity contribution is 8.18. The number of halogens is 2. The topological polar surface area (TPSA) is 89.3 Å². The van der Waals surface area contributed by atoms with Crippen LogP contribution in [0.15, 0.2) is 63.6 Å². The van der Waals surface area contributed by atoms with Crippen LogP contribution in [0.2, 0.25) is 0 Å². The number of esters is 1. The minimum Gasteiger partial charge on any atom is -0.488 e. The number of nitrogens with zero attached hydrogens (tertiary/aromatic N) is 2. The number of hydrogen-bond donors (Lipinski definition) is 1. The van der Waals surface area contributed by atoms with E-state index in [1.165, 1.54) is 43.7 Å². The van der Waals surface area contributed by atoms with Crippen LogP contribution in [0.25, 0.3) is 0 Å². The third kappa shape index (κ3) is 5.74. The Bertz CT molecular complexity index is 1070. The minimum atomic E-state index is -0.663. The van der Waals surface area contributed by atoms with E-state index in [0.29, 0.717) is 11.1 Å². The summed E-state index contributed by atoms with van der Waals surface area (Å²) in [6, 6.07) is 9.72. The lowest BCUT2D eigenvalue weighted by Crippen LogP contribution is -2.19. The van der Waals surface area contributed by atoms with Gasteiger partial charge in [-0.05, 0) is 41.6 Å². The van der Waals surface area contributed by atoms with Crippen molar-refractivity contribution < 1.29 is 27.8 Å². The van der Waals surface area contributed by atoms with Gasteiger partial charge in [0, 0.05) is 17.7 Å². The number of benzene rings is 2. The number of hydrogen-bond acceptors (Lipinski definition) is 7. The molecular weight excluding hydrogens is 416 g/mol. The van der Waals surface area contributed by atoms with Gasteiger partial charge in [0.15, 0.2) is 5.17 Å². The van der Waals surface area contributed by atoms with E-state index in [1.807, 2.05) is 0 Å². The average molecular weight is 431 g/mol. The van der Waals surface area contributed by atoms with Gasteiger partial charge in [0.05, 0.1) is 18.2 Å². The monoisotopic (exact) mass is 431 g/mol. The largest absolute Gasteiger partial charge is 0.488 e. The Morgan fingerprint density at radius 1 is 1.20 bits per heavy atom. The second-order valence-electron chi connectivity index (χ2n) is 5.84. The zero-order valence-corrected chi connectivity index (χ0v) is 16.4. The van der Waals surface area contributed by atoms with Crippen molar-refractivity contribution in [2.45, 2.75) is 6.61 Å². The van der Waals surface area contributed by atoms with Crippen molar-refractivity contribution in [1.29, 1.82) is 0 Å². The maximum Gasteiger partial charge on any atom is 0.331 e. The molecule has 30 heavy (non-hydrogen) atoms. The fourth-order valence-electron chi connectivity index (χ4n) is 2.31. The van der Waals surface area contributed by atoms with Crippen LogP contribution in [0.4, 0.5) is 8.78 Å². The molecule has 2 aromatic carbocycles. The smallest absolute Gasteiger partial charge is 0.331 e.